The van der Waals surface area contributed by atoms with E-state index in [1.165, 1.54) is 8.61 Å². The first-order valence-electron chi connectivity index (χ1n) is 14.0. The smallest absolute Gasteiger partial charge is 0.264 e. The van der Waals surface area contributed by atoms with Gasteiger partial charge < -0.3 is 9.47 Å². The first-order valence-corrected chi connectivity index (χ1v) is 16.8. The average molecular weight is 619 g/mol. The zero-order valence-corrected chi connectivity index (χ0v) is 25.7. The molecule has 0 radical (unpaired) electrons. The highest BCUT2D eigenvalue weighted by Crippen LogP contribution is 2.35. The summed E-state index contributed by atoms with van der Waals surface area (Å²) >= 11 is 0. The predicted molar refractivity (Wildman–Crippen MR) is 169 cm³/mol. The molecule has 1 heterocycles. The standard InChI is InChI=1S/C33H34N2O6S2/c1-26-14-18-28(19-15-26)42(36,37)34-22-7-8-23-35(43(38,39)29-20-16-27(2)17-21-29)31-11-4-6-13-33(31)41-25-9-24-40-32-12-5-3-10-30(32)34/h3-8,10-21H,9,22-25H2,1-2H3/b8-7-. The van der Waals surface area contributed by atoms with Crippen LogP contribution in [0.4, 0.5) is 11.4 Å². The molecule has 0 aromatic heterocycles. The SMILES string of the molecule is Cc1ccc(S(=O)(=O)N2C/C=C\CN(S(=O)(=O)c3ccc(C)cc3)c3ccccc3OCCCOc3ccccc32)cc1. The lowest BCUT2D eigenvalue weighted by molar-refractivity contribution is 0.248. The molecular formula is C33H34N2O6S2. The maximum atomic E-state index is 14.0. The van der Waals surface area contributed by atoms with Crippen LogP contribution in [0.3, 0.4) is 0 Å². The van der Waals surface area contributed by atoms with Crippen LogP contribution in [-0.2, 0) is 20.0 Å². The molecule has 1 aliphatic heterocycles. The van der Waals surface area contributed by atoms with E-state index in [9.17, 15) is 16.8 Å². The van der Waals surface area contributed by atoms with E-state index >= 15 is 0 Å². The normalized spacial score (nSPS) is 15.6. The lowest BCUT2D eigenvalue weighted by Crippen LogP contribution is -2.33. The van der Waals surface area contributed by atoms with Crippen molar-refractivity contribution in [2.45, 2.75) is 30.1 Å². The molecule has 0 amide bonds. The number of hydrogen-bond donors (Lipinski definition) is 0. The molecule has 0 bridgehead atoms. The molecule has 224 valence electrons. The van der Waals surface area contributed by atoms with Gasteiger partial charge >= 0.3 is 0 Å². The molecule has 0 saturated heterocycles. The van der Waals surface area contributed by atoms with Crippen LogP contribution in [-0.4, -0.2) is 43.1 Å². The topological polar surface area (TPSA) is 93.2 Å². The zero-order chi connectivity index (χ0) is 30.5. The van der Waals surface area contributed by atoms with Gasteiger partial charge in [0.2, 0.25) is 0 Å². The first-order chi connectivity index (χ1) is 20.7. The molecule has 0 N–H and O–H groups in total. The Morgan fingerprint density at radius 1 is 0.535 bits per heavy atom. The predicted octanol–water partition coefficient (Wildman–Crippen LogP) is 6.11. The Labute approximate surface area is 253 Å². The summed E-state index contributed by atoms with van der Waals surface area (Å²) in [6, 6.07) is 27.3. The van der Waals surface area contributed by atoms with Crippen molar-refractivity contribution in [3.05, 3.63) is 120 Å². The van der Waals surface area contributed by atoms with Gasteiger partial charge in [-0.15, -0.1) is 0 Å². The van der Waals surface area contributed by atoms with Gasteiger partial charge in [0.25, 0.3) is 20.0 Å². The largest absolute Gasteiger partial charge is 0.491 e. The van der Waals surface area contributed by atoms with E-state index in [2.05, 4.69) is 0 Å². The van der Waals surface area contributed by atoms with Crippen molar-refractivity contribution in [1.29, 1.82) is 0 Å². The van der Waals surface area contributed by atoms with E-state index in [1.807, 2.05) is 13.8 Å². The Morgan fingerprint density at radius 2 is 0.907 bits per heavy atom. The monoisotopic (exact) mass is 618 g/mol. The molecule has 0 fully saturated rings. The van der Waals surface area contributed by atoms with Gasteiger partial charge in [0.15, 0.2) is 0 Å². The minimum Gasteiger partial charge on any atom is -0.491 e. The summed E-state index contributed by atoms with van der Waals surface area (Å²) < 4.78 is 70.5. The maximum Gasteiger partial charge on any atom is 0.264 e. The Hall–Kier alpha value is -4.28. The number of sulfonamides is 2. The van der Waals surface area contributed by atoms with Crippen molar-refractivity contribution in [3.63, 3.8) is 0 Å². The van der Waals surface area contributed by atoms with Crippen molar-refractivity contribution < 1.29 is 26.3 Å². The van der Waals surface area contributed by atoms with Crippen LogP contribution in [0.5, 0.6) is 11.5 Å². The van der Waals surface area contributed by atoms with Crippen molar-refractivity contribution in [2.24, 2.45) is 0 Å². The second kappa shape index (κ2) is 12.9. The van der Waals surface area contributed by atoms with Crippen LogP contribution in [0.25, 0.3) is 0 Å². The lowest BCUT2D eigenvalue weighted by atomic mass is 10.2. The fourth-order valence-electron chi connectivity index (χ4n) is 4.66. The number of aryl methyl sites for hydroxylation is 2. The molecule has 4 aromatic carbocycles. The molecule has 5 rings (SSSR count). The van der Waals surface area contributed by atoms with E-state index in [4.69, 9.17) is 9.47 Å². The Kier molecular flexibility index (Phi) is 9.08. The molecular weight excluding hydrogens is 585 g/mol. The third-order valence-corrected chi connectivity index (χ3v) is 10.6. The van der Waals surface area contributed by atoms with Gasteiger partial charge in [-0.2, -0.15) is 0 Å². The number of nitrogens with zero attached hydrogens (tertiary/aromatic N) is 2. The quantitative estimate of drug-likeness (QED) is 0.256. The third-order valence-electron chi connectivity index (χ3n) is 7.00. The highest BCUT2D eigenvalue weighted by atomic mass is 32.2. The molecule has 8 nitrogen and oxygen atoms in total. The second-order valence-corrected chi connectivity index (χ2v) is 13.9. The Bertz CT molecular complexity index is 1670. The minimum atomic E-state index is -4.00. The number of para-hydroxylation sites is 4. The van der Waals surface area contributed by atoms with Gasteiger partial charge in [0.1, 0.15) is 11.5 Å². The molecule has 43 heavy (non-hydrogen) atoms. The average Bonchev–Trinajstić information content (AvgIpc) is 3.00. The van der Waals surface area contributed by atoms with E-state index in [-0.39, 0.29) is 36.1 Å². The number of benzene rings is 4. The molecule has 1 aliphatic rings. The summed E-state index contributed by atoms with van der Waals surface area (Å²) in [6.07, 6.45) is 3.79. The van der Waals surface area contributed by atoms with Crippen LogP contribution < -0.4 is 18.1 Å². The van der Waals surface area contributed by atoms with Crippen LogP contribution in [0.2, 0.25) is 0 Å². The number of ether oxygens (including phenoxy) is 2. The molecule has 4 aromatic rings. The third kappa shape index (κ3) is 6.71. The second-order valence-electron chi connectivity index (χ2n) is 10.2. The molecule has 10 heteroatoms. The van der Waals surface area contributed by atoms with Crippen molar-refractivity contribution in [3.8, 4) is 11.5 Å². The van der Waals surface area contributed by atoms with E-state index in [0.29, 0.717) is 29.3 Å². The van der Waals surface area contributed by atoms with E-state index < -0.39 is 20.0 Å². The van der Waals surface area contributed by atoms with Gasteiger partial charge in [0.05, 0.1) is 47.5 Å². The van der Waals surface area contributed by atoms with Gasteiger partial charge in [-0.05, 0) is 62.4 Å². The Balaban J connectivity index is 1.58. The van der Waals surface area contributed by atoms with E-state index in [0.717, 1.165) is 11.1 Å². The van der Waals surface area contributed by atoms with E-state index in [1.54, 1.807) is 109 Å². The van der Waals surface area contributed by atoms with Crippen molar-refractivity contribution >= 4 is 31.4 Å². The summed E-state index contributed by atoms with van der Waals surface area (Å²) in [4.78, 5) is 0.287. The van der Waals surface area contributed by atoms with Crippen LogP contribution in [0, 0.1) is 13.8 Å². The van der Waals surface area contributed by atoms with Gasteiger partial charge in [0, 0.05) is 6.42 Å². The number of fused-ring (bicyclic) bond motifs is 2. The van der Waals surface area contributed by atoms with Gasteiger partial charge in [-0.25, -0.2) is 16.8 Å². The zero-order valence-electron chi connectivity index (χ0n) is 24.1. The number of rotatable bonds is 4. The molecule has 0 saturated carbocycles. The van der Waals surface area contributed by atoms with Crippen molar-refractivity contribution in [2.75, 3.05) is 34.9 Å². The number of hydrogen-bond acceptors (Lipinski definition) is 6. The fraction of sp³-hybridized carbons (Fsp3) is 0.212. The maximum absolute atomic E-state index is 14.0. The first kappa shape index (κ1) is 30.2. The van der Waals surface area contributed by atoms with Gasteiger partial charge in [-0.1, -0.05) is 71.8 Å². The fourth-order valence-corrected chi connectivity index (χ4v) is 7.51. The summed E-state index contributed by atoms with van der Waals surface area (Å²) in [5, 5.41) is 0. The van der Waals surface area contributed by atoms with Crippen LogP contribution in [0.15, 0.2) is 119 Å². The summed E-state index contributed by atoms with van der Waals surface area (Å²) in [5.74, 6) is 0.843. The van der Waals surface area contributed by atoms with Crippen LogP contribution in [0.1, 0.15) is 17.5 Å². The highest BCUT2D eigenvalue weighted by molar-refractivity contribution is 7.93. The summed E-state index contributed by atoms with van der Waals surface area (Å²) in [7, 11) is -7.99. The van der Waals surface area contributed by atoms with Crippen molar-refractivity contribution in [1.82, 2.24) is 0 Å². The number of anilines is 2. The summed E-state index contributed by atoms with van der Waals surface area (Å²) in [6.45, 7) is 4.22. The van der Waals surface area contributed by atoms with Crippen LogP contribution >= 0.6 is 0 Å². The van der Waals surface area contributed by atoms with Gasteiger partial charge in [-0.3, -0.25) is 8.61 Å². The Morgan fingerprint density at radius 3 is 1.30 bits per heavy atom. The lowest BCUT2D eigenvalue weighted by Gasteiger charge is -2.26. The minimum absolute atomic E-state index is 0.0485. The molecule has 0 unspecified atom stereocenters. The molecule has 0 spiro atoms. The molecule has 0 atom stereocenters. The highest BCUT2D eigenvalue weighted by Gasteiger charge is 2.29. The summed E-state index contributed by atoms with van der Waals surface area (Å²) in [5.41, 5.74) is 2.65. The molecule has 0 aliphatic carbocycles.